The average molecular weight is 202 g/mol. The lowest BCUT2D eigenvalue weighted by Gasteiger charge is -2.35. The van der Waals surface area contributed by atoms with Gasteiger partial charge in [-0.2, -0.15) is 0 Å². The van der Waals surface area contributed by atoms with Gasteiger partial charge in [-0.05, 0) is 37.8 Å². The van der Waals surface area contributed by atoms with Gasteiger partial charge in [-0.25, -0.2) is 0 Å². The molecule has 2 aliphatic rings. The fourth-order valence-corrected chi connectivity index (χ4v) is 3.04. The number of anilines is 1. The first kappa shape index (κ1) is 9.22. The first-order valence-corrected chi connectivity index (χ1v) is 5.87. The van der Waals surface area contributed by atoms with E-state index in [4.69, 9.17) is 5.73 Å². The topological polar surface area (TPSA) is 29.3 Å². The lowest BCUT2D eigenvalue weighted by atomic mass is 9.93. The van der Waals surface area contributed by atoms with E-state index in [1.165, 1.54) is 29.7 Å². The SMILES string of the molecule is Cc1ccc2c(c1)CCC1C(N)CCN21. The third-order valence-corrected chi connectivity index (χ3v) is 3.85. The summed E-state index contributed by atoms with van der Waals surface area (Å²) >= 11 is 0. The number of nitrogens with two attached hydrogens (primary N) is 1. The summed E-state index contributed by atoms with van der Waals surface area (Å²) in [6.07, 6.45) is 3.58. The van der Waals surface area contributed by atoms with Crippen LogP contribution in [0.25, 0.3) is 0 Å². The van der Waals surface area contributed by atoms with E-state index in [2.05, 4.69) is 30.0 Å². The van der Waals surface area contributed by atoms with Crippen LogP contribution >= 0.6 is 0 Å². The van der Waals surface area contributed by atoms with E-state index in [1.54, 1.807) is 0 Å². The zero-order valence-corrected chi connectivity index (χ0v) is 9.24. The average Bonchev–Trinajstić information content (AvgIpc) is 2.60. The molecule has 1 aromatic rings. The molecular formula is C13H18N2. The normalized spacial score (nSPS) is 28.8. The Morgan fingerprint density at radius 1 is 1.33 bits per heavy atom. The number of aryl methyl sites for hydroxylation is 2. The maximum atomic E-state index is 6.13. The van der Waals surface area contributed by atoms with E-state index in [-0.39, 0.29) is 0 Å². The molecule has 0 amide bonds. The summed E-state index contributed by atoms with van der Waals surface area (Å²) in [6, 6.07) is 7.80. The number of hydrogen-bond acceptors (Lipinski definition) is 2. The Balaban J connectivity index is 2.02. The van der Waals surface area contributed by atoms with Crippen LogP contribution in [-0.2, 0) is 6.42 Å². The van der Waals surface area contributed by atoms with E-state index in [0.717, 1.165) is 13.0 Å². The van der Waals surface area contributed by atoms with Gasteiger partial charge in [0.2, 0.25) is 0 Å². The van der Waals surface area contributed by atoms with Crippen molar-refractivity contribution in [2.45, 2.75) is 38.3 Å². The molecule has 1 fully saturated rings. The first-order valence-electron chi connectivity index (χ1n) is 5.87. The van der Waals surface area contributed by atoms with Crippen LogP contribution in [0.2, 0.25) is 0 Å². The zero-order chi connectivity index (χ0) is 10.4. The van der Waals surface area contributed by atoms with Gasteiger partial charge >= 0.3 is 0 Å². The predicted molar refractivity (Wildman–Crippen MR) is 63.2 cm³/mol. The molecule has 0 spiro atoms. The number of hydrogen-bond donors (Lipinski definition) is 1. The predicted octanol–water partition coefficient (Wildman–Crippen LogP) is 1.85. The van der Waals surface area contributed by atoms with Gasteiger partial charge in [-0.1, -0.05) is 17.7 Å². The molecule has 2 heteroatoms. The summed E-state index contributed by atoms with van der Waals surface area (Å²) in [5.41, 5.74) is 10.5. The second-order valence-corrected chi connectivity index (χ2v) is 4.88. The first-order chi connectivity index (χ1) is 7.25. The Hall–Kier alpha value is -1.02. The monoisotopic (exact) mass is 202 g/mol. The Morgan fingerprint density at radius 2 is 2.20 bits per heavy atom. The molecular weight excluding hydrogens is 184 g/mol. The largest absolute Gasteiger partial charge is 0.367 e. The quantitative estimate of drug-likeness (QED) is 0.695. The lowest BCUT2D eigenvalue weighted by Crippen LogP contribution is -2.42. The molecule has 0 saturated carbocycles. The highest BCUT2D eigenvalue weighted by molar-refractivity contribution is 5.59. The number of fused-ring (bicyclic) bond motifs is 3. The second-order valence-electron chi connectivity index (χ2n) is 4.88. The minimum atomic E-state index is 0.388. The molecule has 1 saturated heterocycles. The lowest BCUT2D eigenvalue weighted by molar-refractivity contribution is 0.526. The van der Waals surface area contributed by atoms with Gasteiger partial charge in [0.15, 0.2) is 0 Å². The van der Waals surface area contributed by atoms with E-state index < -0.39 is 0 Å². The van der Waals surface area contributed by atoms with Gasteiger partial charge in [0.1, 0.15) is 0 Å². The Labute approximate surface area is 91.1 Å². The van der Waals surface area contributed by atoms with Crippen molar-refractivity contribution in [2.24, 2.45) is 5.73 Å². The summed E-state index contributed by atoms with van der Waals surface area (Å²) < 4.78 is 0. The van der Waals surface area contributed by atoms with E-state index in [9.17, 15) is 0 Å². The third-order valence-electron chi connectivity index (χ3n) is 3.85. The van der Waals surface area contributed by atoms with Gasteiger partial charge in [0, 0.05) is 24.3 Å². The van der Waals surface area contributed by atoms with Gasteiger partial charge in [0.25, 0.3) is 0 Å². The van der Waals surface area contributed by atoms with Gasteiger partial charge in [-0.15, -0.1) is 0 Å². The summed E-state index contributed by atoms with van der Waals surface area (Å²) in [6.45, 7) is 3.31. The minimum absolute atomic E-state index is 0.388. The summed E-state index contributed by atoms with van der Waals surface area (Å²) in [5.74, 6) is 0. The fourth-order valence-electron chi connectivity index (χ4n) is 3.04. The van der Waals surface area contributed by atoms with E-state index in [1.807, 2.05) is 0 Å². The van der Waals surface area contributed by atoms with Crippen molar-refractivity contribution in [3.8, 4) is 0 Å². The molecule has 0 radical (unpaired) electrons. The zero-order valence-electron chi connectivity index (χ0n) is 9.24. The molecule has 2 N–H and O–H groups in total. The molecule has 2 aliphatic heterocycles. The van der Waals surface area contributed by atoms with E-state index in [0.29, 0.717) is 12.1 Å². The minimum Gasteiger partial charge on any atom is -0.367 e. The maximum absolute atomic E-state index is 6.13. The molecule has 2 unspecified atom stereocenters. The molecule has 2 atom stereocenters. The summed E-state index contributed by atoms with van der Waals surface area (Å²) in [5, 5.41) is 0. The molecule has 80 valence electrons. The van der Waals surface area contributed by atoms with Crippen LogP contribution in [0.4, 0.5) is 5.69 Å². The van der Waals surface area contributed by atoms with Crippen LogP contribution in [0, 0.1) is 6.92 Å². The number of benzene rings is 1. The van der Waals surface area contributed by atoms with Crippen LogP contribution in [0.5, 0.6) is 0 Å². The van der Waals surface area contributed by atoms with Gasteiger partial charge in [-0.3, -0.25) is 0 Å². The molecule has 2 nitrogen and oxygen atoms in total. The Kier molecular flexibility index (Phi) is 1.99. The molecule has 2 heterocycles. The smallest absolute Gasteiger partial charge is 0.0445 e. The summed E-state index contributed by atoms with van der Waals surface area (Å²) in [4.78, 5) is 2.52. The van der Waals surface area contributed by atoms with Crippen molar-refractivity contribution in [2.75, 3.05) is 11.4 Å². The van der Waals surface area contributed by atoms with Gasteiger partial charge in [0.05, 0.1) is 0 Å². The summed E-state index contributed by atoms with van der Waals surface area (Å²) in [7, 11) is 0. The number of rotatable bonds is 0. The van der Waals surface area contributed by atoms with Crippen LogP contribution in [0.3, 0.4) is 0 Å². The third kappa shape index (κ3) is 1.36. The van der Waals surface area contributed by atoms with Crippen molar-refractivity contribution in [1.29, 1.82) is 0 Å². The van der Waals surface area contributed by atoms with Crippen molar-refractivity contribution in [3.63, 3.8) is 0 Å². The molecule has 0 aromatic heterocycles. The molecule has 15 heavy (non-hydrogen) atoms. The number of nitrogens with zero attached hydrogens (tertiary/aromatic N) is 1. The Morgan fingerprint density at radius 3 is 3.07 bits per heavy atom. The molecule has 0 aliphatic carbocycles. The standard InChI is InChI=1S/C13H18N2/c1-9-2-4-12-10(8-9)3-5-13-11(14)6-7-15(12)13/h2,4,8,11,13H,3,5-7,14H2,1H3. The van der Waals surface area contributed by atoms with Crippen molar-refractivity contribution >= 4 is 5.69 Å². The highest BCUT2D eigenvalue weighted by Crippen LogP contribution is 2.35. The maximum Gasteiger partial charge on any atom is 0.0445 e. The highest BCUT2D eigenvalue weighted by Gasteiger charge is 2.35. The van der Waals surface area contributed by atoms with Crippen molar-refractivity contribution < 1.29 is 0 Å². The van der Waals surface area contributed by atoms with Gasteiger partial charge < -0.3 is 10.6 Å². The van der Waals surface area contributed by atoms with Crippen molar-refractivity contribution in [1.82, 2.24) is 0 Å². The van der Waals surface area contributed by atoms with Crippen LogP contribution in [-0.4, -0.2) is 18.6 Å². The highest BCUT2D eigenvalue weighted by atomic mass is 15.2. The van der Waals surface area contributed by atoms with Crippen LogP contribution in [0.1, 0.15) is 24.0 Å². The van der Waals surface area contributed by atoms with Crippen molar-refractivity contribution in [3.05, 3.63) is 29.3 Å². The Bertz CT molecular complexity index is 386. The molecule has 3 rings (SSSR count). The van der Waals surface area contributed by atoms with E-state index >= 15 is 0 Å². The molecule has 0 bridgehead atoms. The van der Waals surface area contributed by atoms with Crippen LogP contribution < -0.4 is 10.6 Å². The van der Waals surface area contributed by atoms with Crippen LogP contribution in [0.15, 0.2) is 18.2 Å². The fraction of sp³-hybridized carbons (Fsp3) is 0.538. The second kappa shape index (κ2) is 3.24. The molecule has 1 aromatic carbocycles.